The van der Waals surface area contributed by atoms with Crippen LogP contribution in [0.3, 0.4) is 0 Å². The minimum atomic E-state index is -0.332. The highest BCUT2D eigenvalue weighted by atomic mass is 19.1. The molecule has 25 heavy (non-hydrogen) atoms. The predicted octanol–water partition coefficient (Wildman–Crippen LogP) is 1.07. The highest BCUT2D eigenvalue weighted by Crippen LogP contribution is 2.19. The summed E-state index contributed by atoms with van der Waals surface area (Å²) in [6.07, 6.45) is 2.48. The van der Waals surface area contributed by atoms with Gasteiger partial charge in [0.05, 0.1) is 31.9 Å². The molecule has 0 aliphatic heterocycles. The maximum Gasteiger partial charge on any atom is 0.273 e. The van der Waals surface area contributed by atoms with E-state index in [0.717, 1.165) is 26.1 Å². The van der Waals surface area contributed by atoms with Gasteiger partial charge in [-0.1, -0.05) is 23.4 Å². The lowest BCUT2D eigenvalue weighted by atomic mass is 10.1. The smallest absolute Gasteiger partial charge is 0.273 e. The van der Waals surface area contributed by atoms with E-state index >= 15 is 0 Å². The van der Waals surface area contributed by atoms with Crippen LogP contribution in [0.5, 0.6) is 0 Å². The maximum atomic E-state index is 13.9. The topological polar surface area (TPSA) is 64.2 Å². The van der Waals surface area contributed by atoms with Crippen molar-refractivity contribution in [1.82, 2.24) is 20.3 Å². The third kappa shape index (κ3) is 5.09. The van der Waals surface area contributed by atoms with Crippen LogP contribution < -0.4 is 10.2 Å². The van der Waals surface area contributed by atoms with Crippen molar-refractivity contribution in [3.05, 3.63) is 47.5 Å². The number of nitrogens with zero attached hydrogens (tertiary/aromatic N) is 3. The molecule has 1 atom stereocenters. The second-order valence-electron chi connectivity index (χ2n) is 6.10. The molecule has 1 aromatic carbocycles. The van der Waals surface area contributed by atoms with Gasteiger partial charge in [-0.25, -0.2) is 9.07 Å². The fourth-order valence-corrected chi connectivity index (χ4v) is 2.76. The Labute approximate surface area is 148 Å². The first kappa shape index (κ1) is 19.1. The Hall–Kier alpha value is -2.28. The summed E-state index contributed by atoms with van der Waals surface area (Å²) in [5, 5.41) is 10.7. The van der Waals surface area contributed by atoms with Gasteiger partial charge in [-0.3, -0.25) is 4.79 Å². The number of carbonyl (C=O) groups is 1. The van der Waals surface area contributed by atoms with E-state index < -0.39 is 0 Å². The number of benzene rings is 1. The van der Waals surface area contributed by atoms with E-state index in [4.69, 9.17) is 0 Å². The van der Waals surface area contributed by atoms with Crippen LogP contribution in [0, 0.1) is 5.82 Å². The highest BCUT2D eigenvalue weighted by Gasteiger charge is 2.17. The van der Waals surface area contributed by atoms with Gasteiger partial charge in [0.2, 0.25) is 0 Å². The zero-order chi connectivity index (χ0) is 18.2. The van der Waals surface area contributed by atoms with Gasteiger partial charge in [-0.15, -0.1) is 5.10 Å². The van der Waals surface area contributed by atoms with Crippen LogP contribution in [0.25, 0.3) is 0 Å². The summed E-state index contributed by atoms with van der Waals surface area (Å²) >= 11 is 0. The second-order valence-corrected chi connectivity index (χ2v) is 6.10. The predicted molar refractivity (Wildman–Crippen MR) is 94.1 cm³/mol. The monoisotopic (exact) mass is 348 g/mol. The van der Waals surface area contributed by atoms with Gasteiger partial charge >= 0.3 is 0 Å². The summed E-state index contributed by atoms with van der Waals surface area (Å²) in [6, 6.07) is 6.20. The van der Waals surface area contributed by atoms with Crippen LogP contribution in [-0.2, 0) is 0 Å². The Morgan fingerprint density at radius 2 is 2.04 bits per heavy atom. The van der Waals surface area contributed by atoms with Gasteiger partial charge in [0, 0.05) is 18.5 Å². The van der Waals surface area contributed by atoms with Crippen LogP contribution >= 0.6 is 0 Å². The molecule has 0 bridgehead atoms. The minimum absolute atomic E-state index is 0.248. The SMILES string of the molecule is CC[NH+](CC)CCCNC(=O)c1cn([C@H](C)c2ccccc2F)nn1. The minimum Gasteiger partial charge on any atom is -0.350 e. The van der Waals surface area contributed by atoms with Crippen molar-refractivity contribution in [3.8, 4) is 0 Å². The number of halogens is 1. The lowest BCUT2D eigenvalue weighted by Crippen LogP contribution is -3.11. The second kappa shape index (κ2) is 9.27. The first-order chi connectivity index (χ1) is 12.1. The summed E-state index contributed by atoms with van der Waals surface area (Å²) in [4.78, 5) is 13.7. The third-order valence-corrected chi connectivity index (χ3v) is 4.49. The van der Waals surface area contributed by atoms with Crippen LogP contribution in [0.15, 0.2) is 30.5 Å². The summed E-state index contributed by atoms with van der Waals surface area (Å²) in [5.74, 6) is -0.545. The molecule has 0 spiro atoms. The summed E-state index contributed by atoms with van der Waals surface area (Å²) < 4.78 is 15.4. The summed E-state index contributed by atoms with van der Waals surface area (Å²) in [6.45, 7) is 9.96. The van der Waals surface area contributed by atoms with E-state index in [-0.39, 0.29) is 23.5 Å². The number of amides is 1. The zero-order valence-corrected chi connectivity index (χ0v) is 15.1. The van der Waals surface area contributed by atoms with Crippen LogP contribution in [-0.4, -0.2) is 47.1 Å². The van der Waals surface area contributed by atoms with E-state index in [2.05, 4.69) is 29.5 Å². The van der Waals surface area contributed by atoms with Gasteiger partial charge in [-0.2, -0.15) is 0 Å². The molecule has 1 amide bonds. The molecule has 0 aliphatic carbocycles. The molecule has 1 aromatic heterocycles. The first-order valence-electron chi connectivity index (χ1n) is 8.84. The molecular formula is C18H27FN5O+. The van der Waals surface area contributed by atoms with Crippen LogP contribution in [0.1, 0.15) is 49.3 Å². The number of carbonyl (C=O) groups excluding carboxylic acids is 1. The molecule has 0 saturated heterocycles. The number of nitrogens with one attached hydrogen (secondary N) is 2. The maximum absolute atomic E-state index is 13.9. The van der Waals surface area contributed by atoms with Gasteiger partial charge in [-0.05, 0) is 26.8 Å². The molecule has 0 radical (unpaired) electrons. The normalized spacial score (nSPS) is 12.4. The van der Waals surface area contributed by atoms with E-state index in [9.17, 15) is 9.18 Å². The molecule has 2 N–H and O–H groups in total. The van der Waals surface area contributed by atoms with Gasteiger partial charge in [0.25, 0.3) is 5.91 Å². The number of hydrogen-bond acceptors (Lipinski definition) is 3. The van der Waals surface area contributed by atoms with E-state index in [1.54, 1.807) is 24.4 Å². The van der Waals surface area contributed by atoms with Crippen molar-refractivity contribution in [2.24, 2.45) is 0 Å². The van der Waals surface area contributed by atoms with Gasteiger partial charge in [0.1, 0.15) is 5.82 Å². The van der Waals surface area contributed by atoms with Crippen molar-refractivity contribution >= 4 is 5.91 Å². The van der Waals surface area contributed by atoms with Crippen molar-refractivity contribution in [2.45, 2.75) is 33.2 Å². The van der Waals surface area contributed by atoms with Crippen molar-refractivity contribution in [1.29, 1.82) is 0 Å². The molecule has 0 fully saturated rings. The average Bonchev–Trinajstić information content (AvgIpc) is 3.12. The summed E-state index contributed by atoms with van der Waals surface area (Å²) in [5.41, 5.74) is 0.764. The Morgan fingerprint density at radius 1 is 1.32 bits per heavy atom. The molecule has 2 rings (SSSR count). The Kier molecular flexibility index (Phi) is 7.06. The van der Waals surface area contributed by atoms with E-state index in [1.165, 1.54) is 15.6 Å². The van der Waals surface area contributed by atoms with Crippen molar-refractivity contribution in [2.75, 3.05) is 26.2 Å². The van der Waals surface area contributed by atoms with Gasteiger partial charge in [0.15, 0.2) is 5.69 Å². The number of quaternary nitrogens is 1. The van der Waals surface area contributed by atoms with Gasteiger partial charge < -0.3 is 10.2 Å². The zero-order valence-electron chi connectivity index (χ0n) is 15.1. The Bertz CT molecular complexity index is 684. The average molecular weight is 348 g/mol. The van der Waals surface area contributed by atoms with Crippen LogP contribution in [0.2, 0.25) is 0 Å². The van der Waals surface area contributed by atoms with Crippen molar-refractivity contribution < 1.29 is 14.1 Å². The standard InChI is InChI=1S/C18H26FN5O/c1-4-23(5-2)12-8-11-20-18(25)17-13-24(22-21-17)14(3)15-9-6-7-10-16(15)19/h6-7,9-10,13-14H,4-5,8,11-12H2,1-3H3,(H,20,25)/p+1/t14-/m1/s1. The third-order valence-electron chi connectivity index (χ3n) is 4.49. The number of rotatable bonds is 9. The Morgan fingerprint density at radius 3 is 2.72 bits per heavy atom. The largest absolute Gasteiger partial charge is 0.350 e. The van der Waals surface area contributed by atoms with E-state index in [1.807, 2.05) is 6.92 Å². The van der Waals surface area contributed by atoms with Crippen molar-refractivity contribution in [3.63, 3.8) is 0 Å². The van der Waals surface area contributed by atoms with Crippen LogP contribution in [0.4, 0.5) is 4.39 Å². The Balaban J connectivity index is 1.90. The molecule has 0 aliphatic rings. The number of hydrogen-bond donors (Lipinski definition) is 2. The quantitative estimate of drug-likeness (QED) is 0.667. The number of aromatic nitrogens is 3. The fraction of sp³-hybridized carbons (Fsp3) is 0.500. The first-order valence-corrected chi connectivity index (χ1v) is 8.84. The molecule has 136 valence electrons. The molecular weight excluding hydrogens is 321 g/mol. The fourth-order valence-electron chi connectivity index (χ4n) is 2.76. The lowest BCUT2D eigenvalue weighted by molar-refractivity contribution is -0.896. The molecule has 2 aromatic rings. The lowest BCUT2D eigenvalue weighted by Gasteiger charge is -2.14. The molecule has 1 heterocycles. The highest BCUT2D eigenvalue weighted by molar-refractivity contribution is 5.91. The molecule has 6 nitrogen and oxygen atoms in total. The van der Waals surface area contributed by atoms with E-state index in [0.29, 0.717) is 12.1 Å². The molecule has 0 unspecified atom stereocenters. The summed E-state index contributed by atoms with van der Waals surface area (Å²) in [7, 11) is 0. The molecule has 7 heteroatoms. The molecule has 0 saturated carbocycles.